The summed E-state index contributed by atoms with van der Waals surface area (Å²) in [6, 6.07) is 3.09. The molecule has 1 aromatic rings. The molecular weight excluding hydrogens is 239 g/mol. The Labute approximate surface area is 99.8 Å². The van der Waals surface area contributed by atoms with Crippen LogP contribution < -0.4 is 10.6 Å². The van der Waals surface area contributed by atoms with Gasteiger partial charge >= 0.3 is 0 Å². The summed E-state index contributed by atoms with van der Waals surface area (Å²) in [5.74, 6) is 0.00121. The lowest BCUT2D eigenvalue weighted by Crippen LogP contribution is -2.31. The molecule has 1 aromatic heterocycles. The second-order valence-corrected chi connectivity index (χ2v) is 3.09. The van der Waals surface area contributed by atoms with Crippen LogP contribution in [-0.2, 0) is 0 Å². The first kappa shape index (κ1) is 14.3. The van der Waals surface area contributed by atoms with E-state index in [1.165, 1.54) is 0 Å². The summed E-state index contributed by atoms with van der Waals surface area (Å²) in [5, 5.41) is 6.01. The molecule has 0 bridgehead atoms. The Kier molecular flexibility index (Phi) is 7.21. The van der Waals surface area contributed by atoms with E-state index in [-0.39, 0.29) is 29.3 Å². The lowest BCUT2D eigenvalue weighted by atomic mass is 10.4. The third kappa shape index (κ3) is 5.06. The number of carbonyl (C=O) groups is 1. The van der Waals surface area contributed by atoms with Crippen LogP contribution in [0.15, 0.2) is 16.5 Å². The minimum absolute atomic E-state index is 0. The minimum Gasteiger partial charge on any atom is -0.440 e. The molecule has 0 aliphatic rings. The van der Waals surface area contributed by atoms with Crippen molar-refractivity contribution in [1.82, 2.24) is 10.6 Å². The van der Waals surface area contributed by atoms with Crippen LogP contribution in [0, 0.1) is 0 Å². The first-order chi connectivity index (χ1) is 6.74. The van der Waals surface area contributed by atoms with E-state index in [1.807, 2.05) is 6.92 Å². The third-order valence-corrected chi connectivity index (χ3v) is 1.84. The standard InChI is InChI=1S/C9H13ClN2O2.ClH/c1-2-11-5-6-12-9(13)7-3-4-8(10)14-7;/h3-4,11H,2,5-6H2,1H3,(H,12,13);1H. The Morgan fingerprint density at radius 2 is 2.20 bits per heavy atom. The second-order valence-electron chi connectivity index (χ2n) is 2.71. The number of hydrogen-bond donors (Lipinski definition) is 2. The van der Waals surface area contributed by atoms with Crippen molar-refractivity contribution in [3.8, 4) is 0 Å². The lowest BCUT2D eigenvalue weighted by Gasteiger charge is -2.02. The summed E-state index contributed by atoms with van der Waals surface area (Å²) < 4.78 is 4.94. The third-order valence-electron chi connectivity index (χ3n) is 1.63. The van der Waals surface area contributed by atoms with Crippen molar-refractivity contribution in [2.24, 2.45) is 0 Å². The molecule has 0 aliphatic carbocycles. The molecule has 0 fully saturated rings. The van der Waals surface area contributed by atoms with Gasteiger partial charge in [0, 0.05) is 13.1 Å². The highest BCUT2D eigenvalue weighted by atomic mass is 35.5. The molecule has 4 nitrogen and oxygen atoms in total. The van der Waals surface area contributed by atoms with Crippen LogP contribution in [0.2, 0.25) is 5.22 Å². The average molecular weight is 253 g/mol. The fourth-order valence-corrected chi connectivity index (χ4v) is 1.11. The van der Waals surface area contributed by atoms with Crippen LogP contribution in [0.3, 0.4) is 0 Å². The van der Waals surface area contributed by atoms with Crippen LogP contribution in [-0.4, -0.2) is 25.5 Å². The molecule has 0 unspecified atom stereocenters. The van der Waals surface area contributed by atoms with Gasteiger partial charge in [-0.15, -0.1) is 12.4 Å². The van der Waals surface area contributed by atoms with Gasteiger partial charge in [0.05, 0.1) is 0 Å². The topological polar surface area (TPSA) is 54.3 Å². The molecule has 0 atom stereocenters. The SMILES string of the molecule is CCNCCNC(=O)c1ccc(Cl)o1.Cl. The maximum Gasteiger partial charge on any atom is 0.287 e. The molecule has 0 radical (unpaired) electrons. The highest BCUT2D eigenvalue weighted by Crippen LogP contribution is 2.12. The molecule has 86 valence electrons. The smallest absolute Gasteiger partial charge is 0.287 e. The molecule has 15 heavy (non-hydrogen) atoms. The number of likely N-dealkylation sites (N-methyl/N-ethyl adjacent to an activating group) is 1. The Bertz CT molecular complexity index is 302. The van der Waals surface area contributed by atoms with Crippen LogP contribution in [0.4, 0.5) is 0 Å². The van der Waals surface area contributed by atoms with Crippen molar-refractivity contribution in [1.29, 1.82) is 0 Å². The average Bonchev–Trinajstić information content (AvgIpc) is 2.59. The van der Waals surface area contributed by atoms with Gasteiger partial charge in [-0.2, -0.15) is 0 Å². The van der Waals surface area contributed by atoms with Crippen molar-refractivity contribution in [3.05, 3.63) is 23.1 Å². The maximum absolute atomic E-state index is 11.3. The number of hydrogen-bond acceptors (Lipinski definition) is 3. The minimum atomic E-state index is -0.241. The van der Waals surface area contributed by atoms with E-state index >= 15 is 0 Å². The van der Waals surface area contributed by atoms with E-state index < -0.39 is 0 Å². The largest absolute Gasteiger partial charge is 0.440 e. The van der Waals surface area contributed by atoms with Crippen molar-refractivity contribution < 1.29 is 9.21 Å². The molecule has 0 spiro atoms. The first-order valence-electron chi connectivity index (χ1n) is 4.48. The number of amides is 1. The van der Waals surface area contributed by atoms with Crippen molar-refractivity contribution in [2.75, 3.05) is 19.6 Å². The first-order valence-corrected chi connectivity index (χ1v) is 4.86. The number of rotatable bonds is 5. The summed E-state index contributed by atoms with van der Waals surface area (Å²) in [4.78, 5) is 11.3. The lowest BCUT2D eigenvalue weighted by molar-refractivity contribution is 0.0926. The number of halogens is 2. The molecule has 0 saturated heterocycles. The Morgan fingerprint density at radius 3 is 2.73 bits per heavy atom. The normalized spacial score (nSPS) is 9.47. The molecule has 0 aromatic carbocycles. The molecule has 6 heteroatoms. The molecule has 0 saturated carbocycles. The van der Waals surface area contributed by atoms with E-state index in [2.05, 4.69) is 10.6 Å². The number of carbonyl (C=O) groups excluding carboxylic acids is 1. The summed E-state index contributed by atoms with van der Waals surface area (Å²) in [6.45, 7) is 4.22. The van der Waals surface area contributed by atoms with E-state index in [9.17, 15) is 4.79 Å². The highest BCUT2D eigenvalue weighted by molar-refractivity contribution is 6.29. The van der Waals surface area contributed by atoms with Gasteiger partial charge < -0.3 is 15.1 Å². The summed E-state index contributed by atoms with van der Waals surface area (Å²) in [7, 11) is 0. The number of furan rings is 1. The Morgan fingerprint density at radius 1 is 1.47 bits per heavy atom. The molecule has 0 aliphatic heterocycles. The van der Waals surface area contributed by atoms with Crippen LogP contribution >= 0.6 is 24.0 Å². The summed E-state index contributed by atoms with van der Waals surface area (Å²) in [5.41, 5.74) is 0. The molecule has 2 N–H and O–H groups in total. The van der Waals surface area contributed by atoms with E-state index in [4.69, 9.17) is 16.0 Å². The predicted molar refractivity (Wildman–Crippen MR) is 61.8 cm³/mol. The Hall–Kier alpha value is -0.710. The molecule has 1 rings (SSSR count). The zero-order valence-corrected chi connectivity index (χ0v) is 9.95. The fourth-order valence-electron chi connectivity index (χ4n) is 0.965. The second kappa shape index (κ2) is 7.56. The van der Waals surface area contributed by atoms with Crippen molar-refractivity contribution in [2.45, 2.75) is 6.92 Å². The van der Waals surface area contributed by atoms with E-state index in [0.29, 0.717) is 6.54 Å². The number of nitrogens with one attached hydrogen (secondary N) is 2. The van der Waals surface area contributed by atoms with Gasteiger partial charge in [-0.25, -0.2) is 0 Å². The molecule has 1 amide bonds. The summed E-state index contributed by atoms with van der Waals surface area (Å²) >= 11 is 5.53. The molecular formula is C9H14Cl2N2O2. The van der Waals surface area contributed by atoms with Gasteiger partial charge in [0.25, 0.3) is 5.91 Å². The Balaban J connectivity index is 0.00000196. The quantitative estimate of drug-likeness (QED) is 0.785. The van der Waals surface area contributed by atoms with Crippen LogP contribution in [0.1, 0.15) is 17.5 Å². The highest BCUT2D eigenvalue weighted by Gasteiger charge is 2.08. The predicted octanol–water partition coefficient (Wildman–Crippen LogP) is 1.69. The molecule has 1 heterocycles. The monoisotopic (exact) mass is 252 g/mol. The van der Waals surface area contributed by atoms with E-state index in [0.717, 1.165) is 13.1 Å². The van der Waals surface area contributed by atoms with Gasteiger partial charge in [-0.3, -0.25) is 4.79 Å². The zero-order valence-electron chi connectivity index (χ0n) is 8.38. The summed E-state index contributed by atoms with van der Waals surface area (Å²) in [6.07, 6.45) is 0. The van der Waals surface area contributed by atoms with Gasteiger partial charge in [0.2, 0.25) is 0 Å². The van der Waals surface area contributed by atoms with Gasteiger partial charge in [0.1, 0.15) is 0 Å². The van der Waals surface area contributed by atoms with Crippen LogP contribution in [0.25, 0.3) is 0 Å². The van der Waals surface area contributed by atoms with Gasteiger partial charge in [0.15, 0.2) is 11.0 Å². The zero-order chi connectivity index (χ0) is 10.4. The van der Waals surface area contributed by atoms with Gasteiger partial charge in [-0.05, 0) is 30.3 Å². The van der Waals surface area contributed by atoms with E-state index in [1.54, 1.807) is 12.1 Å². The van der Waals surface area contributed by atoms with Gasteiger partial charge in [-0.1, -0.05) is 6.92 Å². The fraction of sp³-hybridized carbons (Fsp3) is 0.444. The maximum atomic E-state index is 11.3. The van der Waals surface area contributed by atoms with Crippen molar-refractivity contribution >= 4 is 29.9 Å². The van der Waals surface area contributed by atoms with Crippen LogP contribution in [0.5, 0.6) is 0 Å². The van der Waals surface area contributed by atoms with Crippen molar-refractivity contribution in [3.63, 3.8) is 0 Å².